The van der Waals surface area contributed by atoms with Gasteiger partial charge >= 0.3 is 0 Å². The Kier molecular flexibility index (Phi) is 4.60. The fourth-order valence-electron chi connectivity index (χ4n) is 3.59. The van der Waals surface area contributed by atoms with E-state index in [2.05, 4.69) is 29.2 Å². The number of hydrogen-bond donors (Lipinski definition) is 1. The quantitative estimate of drug-likeness (QED) is 0.923. The predicted octanol–water partition coefficient (Wildman–Crippen LogP) is 2.33. The average Bonchev–Trinajstić information content (AvgIpc) is 2.98. The van der Waals surface area contributed by atoms with Crippen LogP contribution < -0.4 is 5.32 Å². The zero-order valence-electron chi connectivity index (χ0n) is 13.4. The molecule has 1 aliphatic heterocycles. The number of piperazine rings is 1. The largest absolute Gasteiger partial charge is 0.339 e. The highest BCUT2D eigenvalue weighted by Gasteiger charge is 2.34. The van der Waals surface area contributed by atoms with Gasteiger partial charge in [0.25, 0.3) is 0 Å². The molecule has 1 aliphatic carbocycles. The molecule has 2 heterocycles. The minimum absolute atomic E-state index is 0.142. The van der Waals surface area contributed by atoms with Gasteiger partial charge < -0.3 is 9.84 Å². The van der Waals surface area contributed by atoms with Crippen molar-refractivity contribution in [2.24, 2.45) is 5.92 Å². The summed E-state index contributed by atoms with van der Waals surface area (Å²) in [5.41, 5.74) is -0.142. The molecule has 1 N–H and O–H groups in total. The number of hydrogen-bond acceptors (Lipinski definition) is 5. The van der Waals surface area contributed by atoms with Crippen LogP contribution >= 0.6 is 0 Å². The van der Waals surface area contributed by atoms with Crippen LogP contribution in [0.3, 0.4) is 0 Å². The van der Waals surface area contributed by atoms with Gasteiger partial charge in [0.15, 0.2) is 5.82 Å². The zero-order valence-corrected chi connectivity index (χ0v) is 13.4. The van der Waals surface area contributed by atoms with E-state index in [1.165, 1.54) is 32.1 Å². The van der Waals surface area contributed by atoms with Crippen LogP contribution in [0, 0.1) is 5.92 Å². The molecule has 1 saturated heterocycles. The zero-order chi connectivity index (χ0) is 14.7. The maximum absolute atomic E-state index is 5.54. The molecule has 2 aliphatic rings. The number of rotatable bonds is 4. The molecule has 2 fully saturated rings. The van der Waals surface area contributed by atoms with Crippen LogP contribution in [0.15, 0.2) is 4.52 Å². The van der Waals surface area contributed by atoms with Gasteiger partial charge in [0, 0.05) is 32.6 Å². The summed E-state index contributed by atoms with van der Waals surface area (Å²) in [5.74, 6) is 2.42. The first-order valence-electron chi connectivity index (χ1n) is 8.45. The topological polar surface area (TPSA) is 54.2 Å². The summed E-state index contributed by atoms with van der Waals surface area (Å²) in [4.78, 5) is 7.15. The molecule has 0 atom stereocenters. The van der Waals surface area contributed by atoms with E-state index in [1.807, 2.05) is 0 Å². The van der Waals surface area contributed by atoms with Crippen LogP contribution in [-0.4, -0.2) is 41.2 Å². The van der Waals surface area contributed by atoms with Gasteiger partial charge in [0.1, 0.15) is 0 Å². The van der Waals surface area contributed by atoms with Crippen LogP contribution in [0.5, 0.6) is 0 Å². The van der Waals surface area contributed by atoms with Crippen molar-refractivity contribution in [1.29, 1.82) is 0 Å². The second-order valence-electron chi connectivity index (χ2n) is 7.02. The van der Waals surface area contributed by atoms with Crippen molar-refractivity contribution >= 4 is 0 Å². The van der Waals surface area contributed by atoms with Crippen molar-refractivity contribution in [2.75, 3.05) is 26.2 Å². The molecule has 1 aromatic heterocycles. The summed E-state index contributed by atoms with van der Waals surface area (Å²) in [6, 6.07) is 0. The second-order valence-corrected chi connectivity index (χ2v) is 7.02. The van der Waals surface area contributed by atoms with E-state index in [0.29, 0.717) is 0 Å². The molecule has 0 bridgehead atoms. The Bertz CT molecular complexity index is 445. The van der Waals surface area contributed by atoms with Gasteiger partial charge in [0.2, 0.25) is 5.89 Å². The maximum atomic E-state index is 5.54. The van der Waals surface area contributed by atoms with Crippen molar-refractivity contribution < 1.29 is 4.52 Å². The Balaban J connectivity index is 1.65. The standard InChI is InChI=1S/C16H28N4O/c1-16(2,20-10-8-17-9-11-20)15-18-14(21-19-15)12-13-6-4-3-5-7-13/h13,17H,3-12H2,1-2H3. The molecule has 3 rings (SSSR count). The molecular formula is C16H28N4O. The Hall–Kier alpha value is -0.940. The molecule has 5 nitrogen and oxygen atoms in total. The normalized spacial score (nSPS) is 22.6. The minimum atomic E-state index is -0.142. The smallest absolute Gasteiger partial charge is 0.226 e. The Morgan fingerprint density at radius 2 is 1.90 bits per heavy atom. The molecule has 0 radical (unpaired) electrons. The van der Waals surface area contributed by atoms with Crippen LogP contribution in [0.25, 0.3) is 0 Å². The highest BCUT2D eigenvalue weighted by molar-refractivity contribution is 5.03. The Morgan fingerprint density at radius 3 is 2.62 bits per heavy atom. The molecule has 0 spiro atoms. The first-order valence-corrected chi connectivity index (χ1v) is 8.45. The summed E-state index contributed by atoms with van der Waals surface area (Å²) >= 11 is 0. The third-order valence-corrected chi connectivity index (χ3v) is 5.11. The van der Waals surface area contributed by atoms with E-state index in [9.17, 15) is 0 Å². The van der Waals surface area contributed by atoms with Crippen LogP contribution in [0.1, 0.15) is 57.7 Å². The predicted molar refractivity (Wildman–Crippen MR) is 82.0 cm³/mol. The summed E-state index contributed by atoms with van der Waals surface area (Å²) in [6.07, 6.45) is 7.71. The molecule has 1 saturated carbocycles. The van der Waals surface area contributed by atoms with Crippen molar-refractivity contribution in [3.63, 3.8) is 0 Å². The number of nitrogens with one attached hydrogen (secondary N) is 1. The third-order valence-electron chi connectivity index (χ3n) is 5.11. The summed E-state index contributed by atoms with van der Waals surface area (Å²) in [6.45, 7) is 8.56. The lowest BCUT2D eigenvalue weighted by molar-refractivity contribution is 0.0924. The Morgan fingerprint density at radius 1 is 1.19 bits per heavy atom. The highest BCUT2D eigenvalue weighted by atomic mass is 16.5. The lowest BCUT2D eigenvalue weighted by Crippen LogP contribution is -2.52. The molecule has 0 aromatic carbocycles. The van der Waals surface area contributed by atoms with Crippen molar-refractivity contribution in [3.05, 3.63) is 11.7 Å². The van der Waals surface area contributed by atoms with E-state index >= 15 is 0 Å². The lowest BCUT2D eigenvalue weighted by Gasteiger charge is -2.38. The van der Waals surface area contributed by atoms with Gasteiger partial charge in [-0.1, -0.05) is 24.4 Å². The van der Waals surface area contributed by atoms with E-state index < -0.39 is 0 Å². The number of aromatic nitrogens is 2. The summed E-state index contributed by atoms with van der Waals surface area (Å²) in [7, 11) is 0. The fraction of sp³-hybridized carbons (Fsp3) is 0.875. The molecule has 118 valence electrons. The van der Waals surface area contributed by atoms with Gasteiger partial charge in [-0.2, -0.15) is 4.98 Å². The fourth-order valence-corrected chi connectivity index (χ4v) is 3.59. The van der Waals surface area contributed by atoms with Gasteiger partial charge in [0.05, 0.1) is 5.54 Å². The molecule has 5 heteroatoms. The van der Waals surface area contributed by atoms with Crippen LogP contribution in [0.2, 0.25) is 0 Å². The van der Waals surface area contributed by atoms with Crippen LogP contribution in [0.4, 0.5) is 0 Å². The van der Waals surface area contributed by atoms with E-state index in [0.717, 1.165) is 50.2 Å². The van der Waals surface area contributed by atoms with E-state index in [1.54, 1.807) is 0 Å². The number of nitrogens with zero attached hydrogens (tertiary/aromatic N) is 3. The molecule has 1 aromatic rings. The first kappa shape index (κ1) is 15.0. The monoisotopic (exact) mass is 292 g/mol. The van der Waals surface area contributed by atoms with Gasteiger partial charge in [-0.05, 0) is 32.6 Å². The van der Waals surface area contributed by atoms with Crippen molar-refractivity contribution in [3.8, 4) is 0 Å². The summed E-state index contributed by atoms with van der Waals surface area (Å²) < 4.78 is 5.54. The third kappa shape index (κ3) is 3.46. The minimum Gasteiger partial charge on any atom is -0.339 e. The molecule has 0 unspecified atom stereocenters. The van der Waals surface area contributed by atoms with Gasteiger partial charge in [-0.3, -0.25) is 4.90 Å². The van der Waals surface area contributed by atoms with Gasteiger partial charge in [-0.25, -0.2) is 0 Å². The maximum Gasteiger partial charge on any atom is 0.226 e. The second kappa shape index (κ2) is 6.44. The van der Waals surface area contributed by atoms with Crippen LogP contribution in [-0.2, 0) is 12.0 Å². The molecular weight excluding hydrogens is 264 g/mol. The highest BCUT2D eigenvalue weighted by Crippen LogP contribution is 2.29. The summed E-state index contributed by atoms with van der Waals surface area (Å²) in [5, 5.41) is 7.67. The van der Waals surface area contributed by atoms with E-state index in [-0.39, 0.29) is 5.54 Å². The lowest BCUT2D eigenvalue weighted by atomic mass is 9.87. The van der Waals surface area contributed by atoms with E-state index in [4.69, 9.17) is 9.51 Å². The SMILES string of the molecule is CC(C)(c1noc(CC2CCCCC2)n1)N1CCNCC1. The Labute approximate surface area is 127 Å². The van der Waals surface area contributed by atoms with Gasteiger partial charge in [-0.15, -0.1) is 0 Å². The average molecular weight is 292 g/mol. The molecule has 0 amide bonds. The van der Waals surface area contributed by atoms with Crippen molar-refractivity contribution in [1.82, 2.24) is 20.4 Å². The molecule has 21 heavy (non-hydrogen) atoms. The van der Waals surface area contributed by atoms with Crippen molar-refractivity contribution in [2.45, 2.75) is 57.9 Å². The first-order chi connectivity index (χ1) is 10.2.